The normalized spacial score (nSPS) is 12.2. The van der Waals surface area contributed by atoms with E-state index >= 15 is 0 Å². The standard InChI is InChI=1S/C7H10OS2.Na.H/c1-2-8-7(9)6-3-4-10-5-6;;/h3-5,7,9H,2H2,1H3;;. The third-order valence-corrected chi connectivity index (χ3v) is 2.30. The first-order valence-electron chi connectivity index (χ1n) is 3.16. The predicted octanol–water partition coefficient (Wildman–Crippen LogP) is 2.06. The molecule has 4 heteroatoms. The topological polar surface area (TPSA) is 9.23 Å². The second-order valence-corrected chi connectivity index (χ2v) is 3.11. The number of hydrogen-bond donors (Lipinski definition) is 1. The van der Waals surface area contributed by atoms with Gasteiger partial charge in [-0.3, -0.25) is 0 Å². The molecule has 11 heavy (non-hydrogen) atoms. The molecular formula is C7H11NaOS2. The monoisotopic (exact) mass is 198 g/mol. The second-order valence-electron chi connectivity index (χ2n) is 1.86. The van der Waals surface area contributed by atoms with Gasteiger partial charge in [0.05, 0.1) is 0 Å². The van der Waals surface area contributed by atoms with Crippen LogP contribution in [0.25, 0.3) is 0 Å². The Morgan fingerprint density at radius 3 is 2.91 bits per heavy atom. The second kappa shape index (κ2) is 6.52. The van der Waals surface area contributed by atoms with Crippen LogP contribution < -0.4 is 0 Å². The Labute approximate surface area is 98.8 Å². The number of ether oxygens (including phenoxy) is 1. The van der Waals surface area contributed by atoms with Gasteiger partial charge in [-0.15, -0.1) is 12.6 Å². The van der Waals surface area contributed by atoms with Crippen molar-refractivity contribution in [3.8, 4) is 0 Å². The summed E-state index contributed by atoms with van der Waals surface area (Å²) < 4.78 is 5.26. The van der Waals surface area contributed by atoms with Gasteiger partial charge in [0, 0.05) is 12.2 Å². The van der Waals surface area contributed by atoms with Crippen LogP contribution in [0.15, 0.2) is 16.8 Å². The molecule has 0 bridgehead atoms. The van der Waals surface area contributed by atoms with Crippen LogP contribution in [0.5, 0.6) is 0 Å². The molecule has 1 nitrogen and oxygen atoms in total. The minimum absolute atomic E-state index is 0. The van der Waals surface area contributed by atoms with Gasteiger partial charge >= 0.3 is 29.6 Å². The van der Waals surface area contributed by atoms with E-state index in [0.29, 0.717) is 6.61 Å². The molecule has 0 amide bonds. The molecular weight excluding hydrogens is 187 g/mol. The summed E-state index contributed by atoms with van der Waals surface area (Å²) >= 11 is 5.92. The molecule has 0 aliphatic heterocycles. The zero-order valence-electron chi connectivity index (χ0n) is 5.78. The van der Waals surface area contributed by atoms with Gasteiger partial charge in [0.15, 0.2) is 0 Å². The number of thiol groups is 1. The van der Waals surface area contributed by atoms with Crippen LogP contribution in [0.4, 0.5) is 0 Å². The van der Waals surface area contributed by atoms with E-state index in [2.05, 4.69) is 12.6 Å². The molecule has 1 rings (SSSR count). The zero-order chi connectivity index (χ0) is 7.40. The first kappa shape index (κ1) is 12.0. The van der Waals surface area contributed by atoms with E-state index in [-0.39, 0.29) is 35.0 Å². The maximum atomic E-state index is 5.26. The molecule has 0 aliphatic carbocycles. The fourth-order valence-corrected chi connectivity index (χ4v) is 1.75. The Balaban J connectivity index is 0.000001000. The molecule has 0 N–H and O–H groups in total. The van der Waals surface area contributed by atoms with Crippen LogP contribution >= 0.6 is 24.0 Å². The third kappa shape index (κ3) is 3.97. The van der Waals surface area contributed by atoms with Crippen molar-refractivity contribution in [1.29, 1.82) is 0 Å². The number of thiophene rings is 1. The van der Waals surface area contributed by atoms with Gasteiger partial charge in [-0.1, -0.05) is 0 Å². The summed E-state index contributed by atoms with van der Waals surface area (Å²) in [4.78, 5) is 0. The van der Waals surface area contributed by atoms with E-state index in [4.69, 9.17) is 4.74 Å². The van der Waals surface area contributed by atoms with Gasteiger partial charge in [-0.2, -0.15) is 11.3 Å². The molecule has 0 fully saturated rings. The quantitative estimate of drug-likeness (QED) is 0.444. The van der Waals surface area contributed by atoms with Crippen molar-refractivity contribution in [3.05, 3.63) is 22.4 Å². The summed E-state index contributed by atoms with van der Waals surface area (Å²) in [5, 5.41) is 4.07. The van der Waals surface area contributed by atoms with Crippen LogP contribution in [-0.2, 0) is 4.74 Å². The molecule has 0 aromatic carbocycles. The third-order valence-electron chi connectivity index (χ3n) is 1.15. The van der Waals surface area contributed by atoms with Gasteiger partial charge in [-0.05, 0) is 23.8 Å². The van der Waals surface area contributed by atoms with Crippen molar-refractivity contribution in [2.45, 2.75) is 12.4 Å². The van der Waals surface area contributed by atoms with Crippen molar-refractivity contribution >= 4 is 53.5 Å². The van der Waals surface area contributed by atoms with Crippen LogP contribution in [0.1, 0.15) is 17.9 Å². The van der Waals surface area contributed by atoms with Gasteiger partial charge < -0.3 is 4.74 Å². The Morgan fingerprint density at radius 1 is 1.73 bits per heavy atom. The summed E-state index contributed by atoms with van der Waals surface area (Å²) in [5.74, 6) is 0. The van der Waals surface area contributed by atoms with Crippen LogP contribution in [0.3, 0.4) is 0 Å². The molecule has 1 heterocycles. The number of rotatable bonds is 3. The van der Waals surface area contributed by atoms with E-state index in [1.54, 1.807) is 11.3 Å². The van der Waals surface area contributed by atoms with Crippen molar-refractivity contribution in [1.82, 2.24) is 0 Å². The van der Waals surface area contributed by atoms with Gasteiger partial charge in [0.25, 0.3) is 0 Å². The fourth-order valence-electron chi connectivity index (χ4n) is 0.670. The minimum atomic E-state index is -0.0451. The van der Waals surface area contributed by atoms with Gasteiger partial charge in [0.2, 0.25) is 0 Å². The van der Waals surface area contributed by atoms with Crippen LogP contribution in [0, 0.1) is 0 Å². The molecule has 0 spiro atoms. The molecule has 0 saturated carbocycles. The molecule has 58 valence electrons. The van der Waals surface area contributed by atoms with E-state index in [1.807, 2.05) is 23.8 Å². The van der Waals surface area contributed by atoms with Crippen molar-refractivity contribution in [2.24, 2.45) is 0 Å². The van der Waals surface area contributed by atoms with Crippen molar-refractivity contribution < 1.29 is 4.74 Å². The molecule has 0 saturated heterocycles. The van der Waals surface area contributed by atoms with Crippen molar-refractivity contribution in [2.75, 3.05) is 6.61 Å². The zero-order valence-corrected chi connectivity index (χ0v) is 7.49. The van der Waals surface area contributed by atoms with Gasteiger partial charge in [-0.25, -0.2) is 0 Å². The maximum absolute atomic E-state index is 5.26. The summed E-state index contributed by atoms with van der Waals surface area (Å²) in [7, 11) is 0. The summed E-state index contributed by atoms with van der Waals surface area (Å²) in [5.41, 5.74) is 1.10. The predicted molar refractivity (Wildman–Crippen MR) is 54.8 cm³/mol. The summed E-state index contributed by atoms with van der Waals surface area (Å²) in [6, 6.07) is 2.03. The molecule has 1 aromatic rings. The Bertz CT molecular complexity index is 177. The van der Waals surface area contributed by atoms with E-state index in [1.165, 1.54) is 0 Å². The van der Waals surface area contributed by atoms with E-state index < -0.39 is 0 Å². The van der Waals surface area contributed by atoms with Crippen LogP contribution in [-0.4, -0.2) is 36.2 Å². The average Bonchev–Trinajstić information content (AvgIpc) is 2.38. The first-order valence-corrected chi connectivity index (χ1v) is 4.62. The Kier molecular flexibility index (Phi) is 7.12. The first-order chi connectivity index (χ1) is 4.84. The Morgan fingerprint density at radius 2 is 2.45 bits per heavy atom. The molecule has 0 radical (unpaired) electrons. The molecule has 1 unspecified atom stereocenters. The number of hydrogen-bond acceptors (Lipinski definition) is 3. The van der Waals surface area contributed by atoms with Gasteiger partial charge in [0.1, 0.15) is 5.44 Å². The molecule has 1 aromatic heterocycles. The SMILES string of the molecule is CCOC(S)c1ccsc1.[NaH]. The van der Waals surface area contributed by atoms with Crippen molar-refractivity contribution in [3.63, 3.8) is 0 Å². The van der Waals surface area contributed by atoms with E-state index in [9.17, 15) is 0 Å². The fraction of sp³-hybridized carbons (Fsp3) is 0.429. The van der Waals surface area contributed by atoms with Crippen LogP contribution in [0.2, 0.25) is 0 Å². The molecule has 0 aliphatic rings. The molecule has 1 atom stereocenters. The summed E-state index contributed by atoms with van der Waals surface area (Å²) in [6.45, 7) is 2.68. The van der Waals surface area contributed by atoms with E-state index in [0.717, 1.165) is 5.56 Å². The summed E-state index contributed by atoms with van der Waals surface area (Å²) in [6.07, 6.45) is 0. The average molecular weight is 198 g/mol. The Hall–Kier alpha value is 1.01.